The predicted molar refractivity (Wildman–Crippen MR) is 95.7 cm³/mol. The second-order valence-corrected chi connectivity index (χ2v) is 6.03. The summed E-state index contributed by atoms with van der Waals surface area (Å²) in [6.07, 6.45) is 3.76. The highest BCUT2D eigenvalue weighted by atomic mass is 19.1. The number of halogens is 1. The number of amides is 1. The van der Waals surface area contributed by atoms with Crippen LogP contribution in [0.4, 0.5) is 10.1 Å². The number of nitrogens with zero attached hydrogens (tertiary/aromatic N) is 1. The van der Waals surface area contributed by atoms with Gasteiger partial charge in [-0.25, -0.2) is 4.39 Å². The number of rotatable bonds is 8. The Morgan fingerprint density at radius 1 is 1.28 bits per heavy atom. The lowest BCUT2D eigenvalue weighted by Gasteiger charge is -2.16. The minimum Gasteiger partial charge on any atom is -0.394 e. The van der Waals surface area contributed by atoms with Crippen molar-refractivity contribution in [2.24, 2.45) is 0 Å². The van der Waals surface area contributed by atoms with E-state index in [2.05, 4.69) is 15.6 Å². The van der Waals surface area contributed by atoms with Gasteiger partial charge >= 0.3 is 0 Å². The first-order chi connectivity index (χ1) is 12.0. The van der Waals surface area contributed by atoms with Crippen molar-refractivity contribution in [3.8, 4) is 0 Å². The van der Waals surface area contributed by atoms with Crippen molar-refractivity contribution >= 4 is 11.6 Å². The second kappa shape index (κ2) is 9.13. The Morgan fingerprint density at radius 2 is 2.00 bits per heavy atom. The number of aliphatic hydroxyl groups is 1. The first kappa shape index (κ1) is 18.9. The van der Waals surface area contributed by atoms with Crippen LogP contribution in [0.15, 0.2) is 42.7 Å². The van der Waals surface area contributed by atoms with Crippen molar-refractivity contribution in [1.29, 1.82) is 0 Å². The summed E-state index contributed by atoms with van der Waals surface area (Å²) >= 11 is 0. The summed E-state index contributed by atoms with van der Waals surface area (Å²) in [4.78, 5) is 15.8. The van der Waals surface area contributed by atoms with Crippen LogP contribution in [0.25, 0.3) is 0 Å². The molecule has 0 spiro atoms. The first-order valence-electron chi connectivity index (χ1n) is 8.38. The molecule has 0 aliphatic rings. The largest absolute Gasteiger partial charge is 0.394 e. The van der Waals surface area contributed by atoms with Gasteiger partial charge < -0.3 is 15.7 Å². The molecule has 2 rings (SSSR count). The maximum Gasteiger partial charge on any atom is 0.224 e. The van der Waals surface area contributed by atoms with Crippen LogP contribution in [0, 0.1) is 5.82 Å². The molecule has 1 heterocycles. The Hall–Kier alpha value is -2.47. The van der Waals surface area contributed by atoms with Gasteiger partial charge in [-0.1, -0.05) is 19.1 Å². The van der Waals surface area contributed by atoms with Crippen LogP contribution < -0.4 is 10.6 Å². The maximum atomic E-state index is 13.2. The highest BCUT2D eigenvalue weighted by Gasteiger charge is 2.10. The van der Waals surface area contributed by atoms with Crippen LogP contribution in [0.5, 0.6) is 0 Å². The summed E-state index contributed by atoms with van der Waals surface area (Å²) in [5.41, 5.74) is 2.52. The Bertz CT molecular complexity index is 687. The molecule has 0 saturated heterocycles. The topological polar surface area (TPSA) is 74.2 Å². The fourth-order valence-corrected chi connectivity index (χ4v) is 2.46. The average Bonchev–Trinajstić information content (AvgIpc) is 2.61. The molecule has 0 fully saturated rings. The summed E-state index contributed by atoms with van der Waals surface area (Å²) in [6.45, 7) is 3.78. The van der Waals surface area contributed by atoms with Crippen LogP contribution in [0.1, 0.15) is 37.4 Å². The Kier molecular flexibility index (Phi) is 6.89. The van der Waals surface area contributed by atoms with Crippen molar-refractivity contribution in [3.05, 3.63) is 59.7 Å². The zero-order valence-electron chi connectivity index (χ0n) is 14.5. The van der Waals surface area contributed by atoms with E-state index >= 15 is 0 Å². The standard InChI is InChI=1S/C19H24FN3O2/c1-3-17(12-24)23-19(25)8-14-4-6-18(7-5-14)22-13(2)15-9-16(20)11-21-10-15/h4-7,9-11,13,17,22,24H,3,8,12H2,1-2H3,(H,23,25). The molecule has 0 saturated carbocycles. The van der Waals surface area contributed by atoms with Crippen molar-refractivity contribution in [2.45, 2.75) is 38.8 Å². The molecule has 0 aliphatic carbocycles. The van der Waals surface area contributed by atoms with E-state index in [-0.39, 0.29) is 36.8 Å². The monoisotopic (exact) mass is 345 g/mol. The number of aliphatic hydroxyl groups excluding tert-OH is 1. The number of hydrogen-bond donors (Lipinski definition) is 3. The molecule has 1 aromatic heterocycles. The van der Waals surface area contributed by atoms with Gasteiger partial charge in [-0.2, -0.15) is 0 Å². The molecule has 3 N–H and O–H groups in total. The molecule has 134 valence electrons. The average molecular weight is 345 g/mol. The number of nitrogens with one attached hydrogen (secondary N) is 2. The number of aromatic nitrogens is 1. The van der Waals surface area contributed by atoms with E-state index < -0.39 is 0 Å². The third-order valence-electron chi connectivity index (χ3n) is 4.01. The summed E-state index contributed by atoms with van der Waals surface area (Å²) in [7, 11) is 0. The van der Waals surface area contributed by atoms with E-state index in [4.69, 9.17) is 5.11 Å². The molecule has 6 heteroatoms. The van der Waals surface area contributed by atoms with Crippen LogP contribution in [0.2, 0.25) is 0 Å². The Balaban J connectivity index is 1.92. The number of benzene rings is 1. The molecule has 25 heavy (non-hydrogen) atoms. The lowest BCUT2D eigenvalue weighted by atomic mass is 10.1. The van der Waals surface area contributed by atoms with Crippen molar-refractivity contribution < 1.29 is 14.3 Å². The minimum atomic E-state index is -0.360. The fraction of sp³-hybridized carbons (Fsp3) is 0.368. The van der Waals surface area contributed by atoms with Crippen molar-refractivity contribution in [2.75, 3.05) is 11.9 Å². The Labute approximate surface area is 147 Å². The number of carbonyl (C=O) groups is 1. The van der Waals surface area contributed by atoms with Gasteiger partial charge in [-0.3, -0.25) is 9.78 Å². The van der Waals surface area contributed by atoms with E-state index in [0.717, 1.165) is 16.8 Å². The molecule has 2 aromatic rings. The normalized spacial score (nSPS) is 13.1. The second-order valence-electron chi connectivity index (χ2n) is 6.03. The zero-order chi connectivity index (χ0) is 18.2. The quantitative estimate of drug-likeness (QED) is 0.688. The van der Waals surface area contributed by atoms with E-state index in [9.17, 15) is 9.18 Å². The molecule has 5 nitrogen and oxygen atoms in total. The minimum absolute atomic E-state index is 0.0576. The molecule has 0 aliphatic heterocycles. The summed E-state index contributed by atoms with van der Waals surface area (Å²) in [5.74, 6) is -0.471. The Morgan fingerprint density at radius 3 is 2.60 bits per heavy atom. The first-order valence-corrected chi connectivity index (χ1v) is 8.38. The number of pyridine rings is 1. The van der Waals surface area contributed by atoms with Gasteiger partial charge in [0, 0.05) is 11.9 Å². The number of hydrogen-bond acceptors (Lipinski definition) is 4. The summed E-state index contributed by atoms with van der Waals surface area (Å²) in [5, 5.41) is 15.2. The lowest BCUT2D eigenvalue weighted by Crippen LogP contribution is -2.37. The van der Waals surface area contributed by atoms with Gasteiger partial charge in [0.25, 0.3) is 0 Å². The van der Waals surface area contributed by atoms with Gasteiger partial charge in [-0.15, -0.1) is 0 Å². The lowest BCUT2D eigenvalue weighted by molar-refractivity contribution is -0.121. The van der Waals surface area contributed by atoms with Gasteiger partial charge in [0.15, 0.2) is 0 Å². The van der Waals surface area contributed by atoms with Crippen LogP contribution in [0.3, 0.4) is 0 Å². The van der Waals surface area contributed by atoms with E-state index in [0.29, 0.717) is 6.42 Å². The van der Waals surface area contributed by atoms with Gasteiger partial charge in [0.1, 0.15) is 5.82 Å². The third kappa shape index (κ3) is 5.83. The molecule has 2 atom stereocenters. The van der Waals surface area contributed by atoms with Crippen molar-refractivity contribution in [3.63, 3.8) is 0 Å². The SMILES string of the molecule is CCC(CO)NC(=O)Cc1ccc(NC(C)c2cncc(F)c2)cc1. The number of anilines is 1. The van der Waals surface area contributed by atoms with Gasteiger partial charge in [-0.05, 0) is 42.7 Å². The highest BCUT2D eigenvalue weighted by molar-refractivity contribution is 5.79. The van der Waals surface area contributed by atoms with E-state index in [1.54, 1.807) is 6.20 Å². The van der Waals surface area contributed by atoms with Gasteiger partial charge in [0.05, 0.1) is 31.3 Å². The smallest absolute Gasteiger partial charge is 0.224 e. The predicted octanol–water partition coefficient (Wildman–Crippen LogP) is 2.82. The molecule has 1 amide bonds. The van der Waals surface area contributed by atoms with Crippen LogP contribution in [-0.4, -0.2) is 28.6 Å². The van der Waals surface area contributed by atoms with E-state index in [1.807, 2.05) is 38.1 Å². The van der Waals surface area contributed by atoms with Crippen LogP contribution >= 0.6 is 0 Å². The van der Waals surface area contributed by atoms with E-state index in [1.165, 1.54) is 12.3 Å². The molecule has 2 unspecified atom stereocenters. The highest BCUT2D eigenvalue weighted by Crippen LogP contribution is 2.19. The molecular weight excluding hydrogens is 321 g/mol. The van der Waals surface area contributed by atoms with Crippen molar-refractivity contribution in [1.82, 2.24) is 10.3 Å². The zero-order valence-corrected chi connectivity index (χ0v) is 14.5. The number of carbonyl (C=O) groups excluding carboxylic acids is 1. The maximum absolute atomic E-state index is 13.2. The molecule has 0 bridgehead atoms. The summed E-state index contributed by atoms with van der Waals surface area (Å²) < 4.78 is 13.2. The fourth-order valence-electron chi connectivity index (χ4n) is 2.46. The molecular formula is C19H24FN3O2. The van der Waals surface area contributed by atoms with Crippen LogP contribution in [-0.2, 0) is 11.2 Å². The third-order valence-corrected chi connectivity index (χ3v) is 4.01. The molecule has 0 radical (unpaired) electrons. The molecule has 1 aromatic carbocycles. The van der Waals surface area contributed by atoms with Gasteiger partial charge in [0.2, 0.25) is 5.91 Å². The summed E-state index contributed by atoms with van der Waals surface area (Å²) in [6, 6.07) is 8.68.